The minimum absolute atomic E-state index is 0.626. The summed E-state index contributed by atoms with van der Waals surface area (Å²) in [5.74, 6) is 1.44. The molecule has 1 aromatic heterocycles. The van der Waals surface area contributed by atoms with E-state index in [0.717, 1.165) is 18.0 Å². The Hall–Kier alpha value is -1.87. The van der Waals surface area contributed by atoms with Crippen LogP contribution in [0.1, 0.15) is 11.3 Å². The summed E-state index contributed by atoms with van der Waals surface area (Å²) >= 11 is 0. The zero-order valence-electron chi connectivity index (χ0n) is 10.1. The van der Waals surface area contributed by atoms with E-state index in [-0.39, 0.29) is 0 Å². The third kappa shape index (κ3) is 3.29. The van der Waals surface area contributed by atoms with Gasteiger partial charge in [0.2, 0.25) is 5.88 Å². The Balaban J connectivity index is 2.12. The van der Waals surface area contributed by atoms with Crippen LogP contribution in [0.5, 0.6) is 11.6 Å². The van der Waals surface area contributed by atoms with Gasteiger partial charge in [0.25, 0.3) is 0 Å². The van der Waals surface area contributed by atoms with Crippen LogP contribution >= 0.6 is 0 Å². The minimum Gasteiger partial charge on any atom is -0.439 e. The van der Waals surface area contributed by atoms with Crippen molar-refractivity contribution in [2.24, 2.45) is 0 Å². The van der Waals surface area contributed by atoms with E-state index in [1.54, 1.807) is 0 Å². The highest BCUT2D eigenvalue weighted by atomic mass is 16.5. The lowest BCUT2D eigenvalue weighted by Crippen LogP contribution is -2.06. The molecule has 0 aliphatic carbocycles. The molecular formula is C14H16N2O. The number of nitrogens with one attached hydrogen (secondary N) is 1. The summed E-state index contributed by atoms with van der Waals surface area (Å²) < 4.78 is 5.68. The number of aryl methyl sites for hydroxylation is 1. The third-order valence-corrected chi connectivity index (χ3v) is 2.38. The fraction of sp³-hybridized carbons (Fsp3) is 0.214. The van der Waals surface area contributed by atoms with Crippen molar-refractivity contribution in [1.82, 2.24) is 10.3 Å². The van der Waals surface area contributed by atoms with E-state index in [9.17, 15) is 0 Å². The lowest BCUT2D eigenvalue weighted by Gasteiger charge is -2.06. The van der Waals surface area contributed by atoms with Crippen LogP contribution in [0.3, 0.4) is 0 Å². The van der Waals surface area contributed by atoms with Crippen LogP contribution in [-0.2, 0) is 6.54 Å². The van der Waals surface area contributed by atoms with Crippen LogP contribution < -0.4 is 10.1 Å². The molecule has 17 heavy (non-hydrogen) atoms. The van der Waals surface area contributed by atoms with E-state index in [2.05, 4.69) is 17.2 Å². The Morgan fingerprint density at radius 2 is 1.88 bits per heavy atom. The van der Waals surface area contributed by atoms with Gasteiger partial charge >= 0.3 is 0 Å². The highest BCUT2D eigenvalue weighted by molar-refractivity contribution is 5.30. The maximum atomic E-state index is 5.68. The van der Waals surface area contributed by atoms with Crippen LogP contribution in [0.2, 0.25) is 0 Å². The molecule has 1 aromatic carbocycles. The average Bonchev–Trinajstić information content (AvgIpc) is 2.33. The van der Waals surface area contributed by atoms with Crippen LogP contribution in [0.4, 0.5) is 0 Å². The molecule has 0 aliphatic rings. The van der Waals surface area contributed by atoms with E-state index >= 15 is 0 Å². The molecule has 0 saturated heterocycles. The van der Waals surface area contributed by atoms with Crippen molar-refractivity contribution in [3.05, 3.63) is 53.7 Å². The maximum Gasteiger partial charge on any atom is 0.219 e. The second-order valence-corrected chi connectivity index (χ2v) is 3.91. The molecule has 2 aromatic rings. The maximum absolute atomic E-state index is 5.68. The molecule has 0 amide bonds. The summed E-state index contributed by atoms with van der Waals surface area (Å²) in [4.78, 5) is 4.40. The monoisotopic (exact) mass is 228 g/mol. The molecule has 0 radical (unpaired) electrons. The largest absolute Gasteiger partial charge is 0.439 e. The van der Waals surface area contributed by atoms with Gasteiger partial charge in [-0.2, -0.15) is 0 Å². The smallest absolute Gasteiger partial charge is 0.219 e. The van der Waals surface area contributed by atoms with E-state index < -0.39 is 0 Å². The zero-order valence-corrected chi connectivity index (χ0v) is 10.1. The van der Waals surface area contributed by atoms with Crippen molar-refractivity contribution < 1.29 is 4.74 Å². The van der Waals surface area contributed by atoms with Gasteiger partial charge in [0.1, 0.15) is 5.75 Å². The summed E-state index contributed by atoms with van der Waals surface area (Å²) in [6.45, 7) is 2.79. The lowest BCUT2D eigenvalue weighted by molar-refractivity contribution is 0.460. The molecule has 0 atom stereocenters. The lowest BCUT2D eigenvalue weighted by atomic mass is 10.2. The van der Waals surface area contributed by atoms with Crippen LogP contribution in [-0.4, -0.2) is 12.0 Å². The molecule has 2 rings (SSSR count). The fourth-order valence-corrected chi connectivity index (χ4v) is 1.52. The molecule has 0 spiro atoms. The Morgan fingerprint density at radius 1 is 1.12 bits per heavy atom. The van der Waals surface area contributed by atoms with Crippen molar-refractivity contribution in [2.45, 2.75) is 13.5 Å². The number of rotatable bonds is 4. The van der Waals surface area contributed by atoms with Crippen molar-refractivity contribution in [1.29, 1.82) is 0 Å². The molecule has 0 bridgehead atoms. The number of hydrogen-bond acceptors (Lipinski definition) is 3. The van der Waals surface area contributed by atoms with Gasteiger partial charge in [-0.1, -0.05) is 23.8 Å². The predicted octanol–water partition coefficient (Wildman–Crippen LogP) is 2.90. The summed E-state index contributed by atoms with van der Waals surface area (Å²) in [5, 5.41) is 3.06. The Labute approximate surface area is 101 Å². The second kappa shape index (κ2) is 5.46. The molecule has 0 unspecified atom stereocenters. The van der Waals surface area contributed by atoms with Gasteiger partial charge < -0.3 is 10.1 Å². The SMILES string of the molecule is CNCc1cccc(Oc2ccc(C)cc2)n1. The topological polar surface area (TPSA) is 34.1 Å². The zero-order chi connectivity index (χ0) is 12.1. The molecular weight excluding hydrogens is 212 g/mol. The van der Waals surface area contributed by atoms with Gasteiger partial charge in [0.05, 0.1) is 5.69 Å². The molecule has 1 N–H and O–H groups in total. The fourth-order valence-electron chi connectivity index (χ4n) is 1.52. The van der Waals surface area contributed by atoms with Gasteiger partial charge in [0, 0.05) is 12.6 Å². The summed E-state index contributed by atoms with van der Waals surface area (Å²) in [5.41, 5.74) is 2.19. The number of aromatic nitrogens is 1. The van der Waals surface area contributed by atoms with Gasteiger partial charge in [-0.25, -0.2) is 4.98 Å². The third-order valence-electron chi connectivity index (χ3n) is 2.38. The van der Waals surface area contributed by atoms with Crippen molar-refractivity contribution in [3.63, 3.8) is 0 Å². The van der Waals surface area contributed by atoms with E-state index in [4.69, 9.17) is 4.74 Å². The van der Waals surface area contributed by atoms with E-state index in [0.29, 0.717) is 5.88 Å². The Bertz CT molecular complexity index is 480. The van der Waals surface area contributed by atoms with Gasteiger partial charge in [-0.3, -0.25) is 0 Å². The molecule has 3 nitrogen and oxygen atoms in total. The van der Waals surface area contributed by atoms with E-state index in [1.807, 2.05) is 49.5 Å². The first kappa shape index (κ1) is 11.6. The summed E-state index contributed by atoms with van der Waals surface area (Å²) in [6, 6.07) is 13.7. The number of nitrogens with zero attached hydrogens (tertiary/aromatic N) is 1. The molecule has 0 fully saturated rings. The highest BCUT2D eigenvalue weighted by Gasteiger charge is 1.99. The Morgan fingerprint density at radius 3 is 2.59 bits per heavy atom. The number of benzene rings is 1. The van der Waals surface area contributed by atoms with Crippen molar-refractivity contribution in [2.75, 3.05) is 7.05 Å². The molecule has 88 valence electrons. The van der Waals surface area contributed by atoms with Gasteiger partial charge in [-0.15, -0.1) is 0 Å². The van der Waals surface area contributed by atoms with E-state index in [1.165, 1.54) is 5.56 Å². The normalized spacial score (nSPS) is 10.2. The molecule has 3 heteroatoms. The molecule has 0 aliphatic heterocycles. The highest BCUT2D eigenvalue weighted by Crippen LogP contribution is 2.19. The van der Waals surface area contributed by atoms with Gasteiger partial charge in [-0.05, 0) is 32.2 Å². The van der Waals surface area contributed by atoms with Crippen molar-refractivity contribution >= 4 is 0 Å². The summed E-state index contributed by atoms with van der Waals surface area (Å²) in [7, 11) is 1.90. The standard InChI is InChI=1S/C14H16N2O/c1-11-6-8-13(9-7-11)17-14-5-3-4-12(16-14)10-15-2/h3-9,15H,10H2,1-2H3. The first-order chi connectivity index (χ1) is 8.28. The average molecular weight is 228 g/mol. The molecule has 1 heterocycles. The van der Waals surface area contributed by atoms with Crippen LogP contribution in [0, 0.1) is 6.92 Å². The molecule has 0 saturated carbocycles. The number of hydrogen-bond donors (Lipinski definition) is 1. The number of ether oxygens (including phenoxy) is 1. The summed E-state index contributed by atoms with van der Waals surface area (Å²) in [6.07, 6.45) is 0. The predicted molar refractivity (Wildman–Crippen MR) is 68.3 cm³/mol. The minimum atomic E-state index is 0.626. The Kier molecular flexibility index (Phi) is 3.73. The first-order valence-electron chi connectivity index (χ1n) is 5.63. The van der Waals surface area contributed by atoms with Crippen molar-refractivity contribution in [3.8, 4) is 11.6 Å². The van der Waals surface area contributed by atoms with Gasteiger partial charge in [0.15, 0.2) is 0 Å². The quantitative estimate of drug-likeness (QED) is 0.873. The second-order valence-electron chi connectivity index (χ2n) is 3.91. The number of pyridine rings is 1. The van der Waals surface area contributed by atoms with Crippen LogP contribution in [0.25, 0.3) is 0 Å². The first-order valence-corrected chi connectivity index (χ1v) is 5.63. The van der Waals surface area contributed by atoms with Crippen LogP contribution in [0.15, 0.2) is 42.5 Å².